The maximum Gasteiger partial charge on any atom is 0.230 e. The standard InChI is InChI=1S/C14H21NO2S/c1-14(2,11-18-10-6-9-16)13(17)15-12-7-4-3-5-8-12/h3-5,7-8,16H,6,9-11H2,1-2H3,(H,15,17). The molecule has 2 N–H and O–H groups in total. The number of amides is 1. The van der Waals surface area contributed by atoms with Crippen molar-refractivity contribution in [3.8, 4) is 0 Å². The number of aliphatic hydroxyl groups is 1. The van der Waals surface area contributed by atoms with Crippen LogP contribution in [0.25, 0.3) is 0 Å². The third-order valence-corrected chi connectivity index (χ3v) is 4.06. The molecule has 0 atom stereocenters. The highest BCUT2D eigenvalue weighted by Gasteiger charge is 2.27. The van der Waals surface area contributed by atoms with Crippen molar-refractivity contribution >= 4 is 23.4 Å². The number of hydrogen-bond donors (Lipinski definition) is 2. The summed E-state index contributed by atoms with van der Waals surface area (Å²) in [4.78, 5) is 12.1. The summed E-state index contributed by atoms with van der Waals surface area (Å²) < 4.78 is 0. The molecular formula is C14H21NO2S. The third-order valence-electron chi connectivity index (χ3n) is 2.56. The van der Waals surface area contributed by atoms with Crippen molar-refractivity contribution in [1.29, 1.82) is 0 Å². The minimum Gasteiger partial charge on any atom is -0.396 e. The first-order valence-electron chi connectivity index (χ1n) is 6.11. The van der Waals surface area contributed by atoms with E-state index in [1.54, 1.807) is 11.8 Å². The third kappa shape index (κ3) is 5.10. The Balaban J connectivity index is 2.44. The second-order valence-corrected chi connectivity index (χ2v) is 5.94. The molecule has 1 rings (SSSR count). The molecule has 18 heavy (non-hydrogen) atoms. The van der Waals surface area contributed by atoms with E-state index >= 15 is 0 Å². The fourth-order valence-electron chi connectivity index (χ4n) is 1.38. The van der Waals surface area contributed by atoms with Crippen LogP contribution in [0.1, 0.15) is 20.3 Å². The van der Waals surface area contributed by atoms with E-state index in [1.165, 1.54) is 0 Å². The van der Waals surface area contributed by atoms with Crippen molar-refractivity contribution < 1.29 is 9.90 Å². The highest BCUT2D eigenvalue weighted by molar-refractivity contribution is 7.99. The molecule has 0 aliphatic heterocycles. The van der Waals surface area contributed by atoms with E-state index in [1.807, 2.05) is 44.2 Å². The number of rotatable bonds is 7. The molecule has 0 unspecified atom stereocenters. The van der Waals surface area contributed by atoms with E-state index in [0.717, 1.165) is 23.6 Å². The number of aliphatic hydroxyl groups excluding tert-OH is 1. The Labute approximate surface area is 113 Å². The number of para-hydroxylation sites is 1. The van der Waals surface area contributed by atoms with Gasteiger partial charge in [-0.15, -0.1) is 0 Å². The topological polar surface area (TPSA) is 49.3 Å². The first kappa shape index (κ1) is 15.1. The zero-order chi connectivity index (χ0) is 13.4. The number of thioether (sulfide) groups is 1. The molecule has 0 aliphatic carbocycles. The van der Waals surface area contributed by atoms with Gasteiger partial charge in [-0.2, -0.15) is 11.8 Å². The molecule has 0 aliphatic rings. The van der Waals surface area contributed by atoms with Crippen LogP contribution in [0, 0.1) is 5.41 Å². The predicted octanol–water partition coefficient (Wildman–Crippen LogP) is 2.77. The Morgan fingerprint density at radius 2 is 2.00 bits per heavy atom. The van der Waals surface area contributed by atoms with Crippen LogP contribution in [0.3, 0.4) is 0 Å². The molecule has 0 saturated heterocycles. The lowest BCUT2D eigenvalue weighted by Crippen LogP contribution is -2.33. The maximum absolute atomic E-state index is 12.1. The first-order valence-corrected chi connectivity index (χ1v) is 7.27. The van der Waals surface area contributed by atoms with Crippen molar-refractivity contribution in [2.45, 2.75) is 20.3 Å². The Morgan fingerprint density at radius 3 is 2.61 bits per heavy atom. The summed E-state index contributed by atoms with van der Waals surface area (Å²) in [6.07, 6.45) is 0.779. The lowest BCUT2D eigenvalue weighted by molar-refractivity contribution is -0.122. The number of anilines is 1. The van der Waals surface area contributed by atoms with E-state index < -0.39 is 5.41 Å². The molecule has 1 amide bonds. The van der Waals surface area contributed by atoms with E-state index in [-0.39, 0.29) is 12.5 Å². The fraction of sp³-hybridized carbons (Fsp3) is 0.500. The molecule has 0 saturated carbocycles. The summed E-state index contributed by atoms with van der Waals surface area (Å²) in [6, 6.07) is 9.49. The Bertz CT molecular complexity index is 365. The summed E-state index contributed by atoms with van der Waals surface area (Å²) in [5, 5.41) is 11.6. The normalized spacial score (nSPS) is 11.3. The van der Waals surface area contributed by atoms with Crippen LogP contribution in [0.5, 0.6) is 0 Å². The van der Waals surface area contributed by atoms with Gasteiger partial charge in [0.25, 0.3) is 0 Å². The Hall–Kier alpha value is -1.00. The summed E-state index contributed by atoms with van der Waals surface area (Å²) >= 11 is 1.70. The fourth-order valence-corrected chi connectivity index (χ4v) is 2.50. The highest BCUT2D eigenvalue weighted by Crippen LogP contribution is 2.24. The van der Waals surface area contributed by atoms with Crippen molar-refractivity contribution in [1.82, 2.24) is 0 Å². The number of benzene rings is 1. The van der Waals surface area contributed by atoms with Gasteiger partial charge in [0.1, 0.15) is 0 Å². The SMILES string of the molecule is CC(C)(CSCCCO)C(=O)Nc1ccccc1. The van der Waals surface area contributed by atoms with Gasteiger partial charge < -0.3 is 10.4 Å². The summed E-state index contributed by atoms with van der Waals surface area (Å²) in [5.41, 5.74) is 0.423. The molecule has 0 fully saturated rings. The average molecular weight is 267 g/mol. The van der Waals surface area contributed by atoms with Gasteiger partial charge in [0.2, 0.25) is 5.91 Å². The van der Waals surface area contributed by atoms with E-state index in [4.69, 9.17) is 5.11 Å². The lowest BCUT2D eigenvalue weighted by atomic mass is 9.95. The van der Waals surface area contributed by atoms with Gasteiger partial charge in [0.05, 0.1) is 5.41 Å². The zero-order valence-corrected chi connectivity index (χ0v) is 11.8. The predicted molar refractivity (Wildman–Crippen MR) is 77.9 cm³/mol. The Morgan fingerprint density at radius 1 is 1.33 bits per heavy atom. The molecule has 0 spiro atoms. The minimum absolute atomic E-state index is 0.0326. The average Bonchev–Trinajstić information content (AvgIpc) is 2.36. The minimum atomic E-state index is -0.407. The van der Waals surface area contributed by atoms with Crippen molar-refractivity contribution in [3.63, 3.8) is 0 Å². The van der Waals surface area contributed by atoms with Gasteiger partial charge in [-0.05, 0) is 24.3 Å². The quantitative estimate of drug-likeness (QED) is 0.747. The molecule has 0 radical (unpaired) electrons. The molecule has 0 bridgehead atoms. The monoisotopic (exact) mass is 267 g/mol. The zero-order valence-electron chi connectivity index (χ0n) is 11.0. The van der Waals surface area contributed by atoms with Gasteiger partial charge in [-0.25, -0.2) is 0 Å². The Kier molecular flexibility index (Phi) is 6.22. The number of carbonyl (C=O) groups excluding carboxylic acids is 1. The van der Waals surface area contributed by atoms with Crippen LogP contribution in [0.2, 0.25) is 0 Å². The molecular weight excluding hydrogens is 246 g/mol. The van der Waals surface area contributed by atoms with Gasteiger partial charge in [0, 0.05) is 18.0 Å². The van der Waals surface area contributed by atoms with Crippen LogP contribution < -0.4 is 5.32 Å². The number of carbonyl (C=O) groups is 1. The molecule has 0 heterocycles. The van der Waals surface area contributed by atoms with E-state index in [2.05, 4.69) is 5.32 Å². The maximum atomic E-state index is 12.1. The lowest BCUT2D eigenvalue weighted by Gasteiger charge is -2.23. The number of hydrogen-bond acceptors (Lipinski definition) is 3. The van der Waals surface area contributed by atoms with Gasteiger partial charge >= 0.3 is 0 Å². The van der Waals surface area contributed by atoms with E-state index in [9.17, 15) is 4.79 Å². The van der Waals surface area contributed by atoms with Crippen LogP contribution in [-0.4, -0.2) is 29.1 Å². The van der Waals surface area contributed by atoms with Crippen LogP contribution >= 0.6 is 11.8 Å². The van der Waals surface area contributed by atoms with Crippen molar-refractivity contribution in [2.24, 2.45) is 5.41 Å². The highest BCUT2D eigenvalue weighted by atomic mass is 32.2. The summed E-state index contributed by atoms with van der Waals surface area (Å²) in [6.45, 7) is 4.10. The number of nitrogens with one attached hydrogen (secondary N) is 1. The summed E-state index contributed by atoms with van der Waals surface area (Å²) in [5.74, 6) is 1.68. The summed E-state index contributed by atoms with van der Waals surface area (Å²) in [7, 11) is 0. The van der Waals surface area contributed by atoms with Crippen LogP contribution in [0.15, 0.2) is 30.3 Å². The molecule has 3 nitrogen and oxygen atoms in total. The smallest absolute Gasteiger partial charge is 0.230 e. The second-order valence-electron chi connectivity index (χ2n) is 4.83. The first-order chi connectivity index (χ1) is 8.56. The second kappa shape index (κ2) is 7.44. The molecule has 0 aromatic heterocycles. The van der Waals surface area contributed by atoms with Gasteiger partial charge in [-0.3, -0.25) is 4.79 Å². The van der Waals surface area contributed by atoms with Crippen LogP contribution in [-0.2, 0) is 4.79 Å². The molecule has 100 valence electrons. The van der Waals surface area contributed by atoms with Crippen molar-refractivity contribution in [3.05, 3.63) is 30.3 Å². The molecule has 1 aromatic rings. The largest absolute Gasteiger partial charge is 0.396 e. The van der Waals surface area contributed by atoms with Gasteiger partial charge in [0.15, 0.2) is 0 Å². The van der Waals surface area contributed by atoms with Crippen molar-refractivity contribution in [2.75, 3.05) is 23.4 Å². The molecule has 4 heteroatoms. The van der Waals surface area contributed by atoms with Gasteiger partial charge in [-0.1, -0.05) is 32.0 Å². The molecule has 1 aromatic carbocycles. The van der Waals surface area contributed by atoms with E-state index in [0.29, 0.717) is 0 Å². The van der Waals surface area contributed by atoms with Crippen LogP contribution in [0.4, 0.5) is 5.69 Å².